The number of ether oxygens (including phenoxy) is 1. The predicted molar refractivity (Wildman–Crippen MR) is 70.6 cm³/mol. The molecule has 92 valence electrons. The first kappa shape index (κ1) is 13.2. The van der Waals surface area contributed by atoms with Crippen molar-refractivity contribution in [3.63, 3.8) is 0 Å². The lowest BCUT2D eigenvalue weighted by atomic mass is 10.2. The van der Waals surface area contributed by atoms with Gasteiger partial charge in [0, 0.05) is 13.5 Å². The minimum atomic E-state index is 0. The molecule has 0 heterocycles. The van der Waals surface area contributed by atoms with Crippen molar-refractivity contribution in [1.29, 1.82) is 0 Å². The van der Waals surface area contributed by atoms with Crippen molar-refractivity contribution in [2.75, 3.05) is 6.61 Å². The van der Waals surface area contributed by atoms with Gasteiger partial charge in [-0.15, -0.1) is 0 Å². The van der Waals surface area contributed by atoms with E-state index in [0.29, 0.717) is 18.7 Å². The van der Waals surface area contributed by atoms with Crippen molar-refractivity contribution in [3.8, 4) is 0 Å². The van der Waals surface area contributed by atoms with Gasteiger partial charge in [0.1, 0.15) is 0 Å². The summed E-state index contributed by atoms with van der Waals surface area (Å²) in [6, 6.07) is 11.3. The zero-order chi connectivity index (χ0) is 11.8. The van der Waals surface area contributed by atoms with E-state index in [1.54, 1.807) is 0 Å². The predicted octanol–water partition coefficient (Wildman–Crippen LogP) is 3.23. The second-order valence-corrected chi connectivity index (χ2v) is 4.43. The Morgan fingerprint density at radius 2 is 1.94 bits per heavy atom. The topological polar surface area (TPSA) is 21.3 Å². The van der Waals surface area contributed by atoms with Crippen LogP contribution in [0.4, 0.5) is 0 Å². The summed E-state index contributed by atoms with van der Waals surface area (Å²) in [5.41, 5.74) is 1.24. The third kappa shape index (κ3) is 5.29. The van der Waals surface area contributed by atoms with Crippen LogP contribution in [0.15, 0.2) is 30.3 Å². The molecule has 0 aromatic heterocycles. The van der Waals surface area contributed by atoms with Crippen LogP contribution in [0.5, 0.6) is 0 Å². The summed E-state index contributed by atoms with van der Waals surface area (Å²) in [6.45, 7) is 8.01. The van der Waals surface area contributed by atoms with Crippen LogP contribution in [0.3, 0.4) is 0 Å². The van der Waals surface area contributed by atoms with Gasteiger partial charge in [-0.05, 0) is 12.0 Å². The fraction of sp³-hybridized carbons (Fsp3) is 0.571. The maximum absolute atomic E-state index is 5.71. The molecule has 1 unspecified atom stereocenters. The maximum atomic E-state index is 5.71. The van der Waals surface area contributed by atoms with Gasteiger partial charge in [-0.25, -0.2) is 0 Å². The third-order valence-corrected chi connectivity index (χ3v) is 2.49. The summed E-state index contributed by atoms with van der Waals surface area (Å²) in [5, 5.41) is 3.49. The van der Waals surface area contributed by atoms with Gasteiger partial charge in [0.25, 0.3) is 0 Å². The highest BCUT2D eigenvalue weighted by Crippen LogP contribution is 2.02. The Kier molecular flexibility index (Phi) is 6.12. The van der Waals surface area contributed by atoms with E-state index in [2.05, 4.69) is 38.2 Å². The Hall–Kier alpha value is -0.860. The number of nitrogens with one attached hydrogen (secondary N) is 1. The molecule has 2 heteroatoms. The average Bonchev–Trinajstić information content (AvgIpc) is 2.28. The molecule has 0 fully saturated rings. The highest BCUT2D eigenvalue weighted by atomic mass is 16.5. The highest BCUT2D eigenvalue weighted by Gasteiger charge is 2.07. The normalized spacial score (nSPS) is 13.0. The Bertz CT molecular complexity index is 277. The van der Waals surface area contributed by atoms with E-state index in [4.69, 9.17) is 4.74 Å². The van der Waals surface area contributed by atoms with Crippen LogP contribution in [0.1, 0.15) is 34.2 Å². The van der Waals surface area contributed by atoms with Crippen LogP contribution >= 0.6 is 0 Å². The van der Waals surface area contributed by atoms with E-state index in [9.17, 15) is 0 Å². The molecule has 0 radical (unpaired) electrons. The second-order valence-electron chi connectivity index (χ2n) is 4.43. The Labute approximate surface area is 100 Å². The zero-order valence-electron chi connectivity index (χ0n) is 10.6. The van der Waals surface area contributed by atoms with E-state index < -0.39 is 0 Å². The minimum Gasteiger partial charge on any atom is -0.375 e. The monoisotopic (exact) mass is 223 g/mol. The van der Waals surface area contributed by atoms with Gasteiger partial charge in [0.15, 0.2) is 0 Å². The first-order chi connectivity index (χ1) is 7.72. The molecule has 1 atom stereocenters. The van der Waals surface area contributed by atoms with Crippen LogP contribution in [0.2, 0.25) is 0 Å². The van der Waals surface area contributed by atoms with E-state index in [1.165, 1.54) is 5.56 Å². The van der Waals surface area contributed by atoms with E-state index in [0.717, 1.165) is 13.0 Å². The molecule has 1 N–H and O–H groups in total. The Balaban J connectivity index is 0.00000256. The van der Waals surface area contributed by atoms with Gasteiger partial charge < -0.3 is 10.1 Å². The van der Waals surface area contributed by atoms with Crippen LogP contribution in [-0.4, -0.2) is 18.7 Å². The van der Waals surface area contributed by atoms with Crippen molar-refractivity contribution in [2.45, 2.75) is 45.9 Å². The first-order valence-corrected chi connectivity index (χ1v) is 6.10. The summed E-state index contributed by atoms with van der Waals surface area (Å²) in [5.74, 6) is 0. The Morgan fingerprint density at radius 1 is 1.25 bits per heavy atom. The van der Waals surface area contributed by atoms with Crippen LogP contribution < -0.4 is 5.32 Å². The molecular formula is C14H25NO. The minimum absolute atomic E-state index is 0. The van der Waals surface area contributed by atoms with Gasteiger partial charge >= 0.3 is 0 Å². The van der Waals surface area contributed by atoms with Crippen LogP contribution in [-0.2, 0) is 11.3 Å². The molecule has 0 amide bonds. The SMILES string of the molecule is CCC(COCc1ccccc1)NC(C)C.[HH]. The molecular weight excluding hydrogens is 198 g/mol. The number of benzene rings is 1. The summed E-state index contributed by atoms with van der Waals surface area (Å²) >= 11 is 0. The molecule has 0 bridgehead atoms. The molecule has 0 saturated carbocycles. The quantitative estimate of drug-likeness (QED) is 0.766. The zero-order valence-corrected chi connectivity index (χ0v) is 10.6. The number of hydrogen-bond donors (Lipinski definition) is 1. The third-order valence-electron chi connectivity index (χ3n) is 2.49. The van der Waals surface area contributed by atoms with Crippen molar-refractivity contribution in [3.05, 3.63) is 35.9 Å². The molecule has 0 saturated heterocycles. The highest BCUT2D eigenvalue weighted by molar-refractivity contribution is 5.13. The van der Waals surface area contributed by atoms with Gasteiger partial charge in [-0.3, -0.25) is 0 Å². The lowest BCUT2D eigenvalue weighted by Crippen LogP contribution is -2.37. The summed E-state index contributed by atoms with van der Waals surface area (Å²) in [4.78, 5) is 0. The summed E-state index contributed by atoms with van der Waals surface area (Å²) in [6.07, 6.45) is 1.10. The fourth-order valence-corrected chi connectivity index (χ4v) is 1.65. The summed E-state index contributed by atoms with van der Waals surface area (Å²) < 4.78 is 5.71. The fourth-order valence-electron chi connectivity index (χ4n) is 1.65. The lowest BCUT2D eigenvalue weighted by molar-refractivity contribution is 0.0951. The smallest absolute Gasteiger partial charge is 0.0717 e. The van der Waals surface area contributed by atoms with Crippen LogP contribution in [0, 0.1) is 0 Å². The molecule has 0 spiro atoms. The molecule has 16 heavy (non-hydrogen) atoms. The molecule has 0 aliphatic rings. The van der Waals surface area contributed by atoms with Crippen molar-refractivity contribution < 1.29 is 6.16 Å². The number of rotatable bonds is 7. The molecule has 2 nitrogen and oxygen atoms in total. The van der Waals surface area contributed by atoms with Crippen molar-refractivity contribution >= 4 is 0 Å². The lowest BCUT2D eigenvalue weighted by Gasteiger charge is -2.19. The average molecular weight is 223 g/mol. The van der Waals surface area contributed by atoms with Gasteiger partial charge in [0.2, 0.25) is 0 Å². The van der Waals surface area contributed by atoms with Gasteiger partial charge in [0.05, 0.1) is 13.2 Å². The van der Waals surface area contributed by atoms with Crippen molar-refractivity contribution in [1.82, 2.24) is 5.32 Å². The molecule has 1 rings (SSSR count). The van der Waals surface area contributed by atoms with Gasteiger partial charge in [-0.2, -0.15) is 0 Å². The molecule has 0 aliphatic carbocycles. The Morgan fingerprint density at radius 3 is 2.50 bits per heavy atom. The molecule has 1 aromatic carbocycles. The maximum Gasteiger partial charge on any atom is 0.0717 e. The molecule has 1 aromatic rings. The summed E-state index contributed by atoms with van der Waals surface area (Å²) in [7, 11) is 0. The largest absolute Gasteiger partial charge is 0.375 e. The molecule has 0 aliphatic heterocycles. The first-order valence-electron chi connectivity index (χ1n) is 6.10. The van der Waals surface area contributed by atoms with Gasteiger partial charge in [-0.1, -0.05) is 51.1 Å². The van der Waals surface area contributed by atoms with E-state index in [-0.39, 0.29) is 1.43 Å². The second kappa shape index (κ2) is 7.42. The van der Waals surface area contributed by atoms with Crippen LogP contribution in [0.25, 0.3) is 0 Å². The van der Waals surface area contributed by atoms with Crippen molar-refractivity contribution in [2.24, 2.45) is 0 Å². The van der Waals surface area contributed by atoms with E-state index in [1.807, 2.05) is 18.2 Å². The standard InChI is InChI=1S/C14H23NO.H2/c1-4-14(15-12(2)3)11-16-10-13-8-6-5-7-9-13;/h5-9,12,14-15H,4,10-11H2,1-3H3;1H. The van der Waals surface area contributed by atoms with E-state index >= 15 is 0 Å². The number of hydrogen-bond acceptors (Lipinski definition) is 2.